The molecule has 9 heteroatoms. The van der Waals surface area contributed by atoms with Gasteiger partial charge in [0.2, 0.25) is 10.0 Å². The van der Waals surface area contributed by atoms with Gasteiger partial charge in [-0.3, -0.25) is 9.78 Å². The minimum absolute atomic E-state index is 0.145. The van der Waals surface area contributed by atoms with Gasteiger partial charge in [0.1, 0.15) is 6.61 Å². The number of nitrogens with one attached hydrogen (secondary N) is 1. The fourth-order valence-corrected chi connectivity index (χ4v) is 5.30. The highest BCUT2D eigenvalue weighted by Crippen LogP contribution is 2.29. The Bertz CT molecular complexity index is 1260. The summed E-state index contributed by atoms with van der Waals surface area (Å²) in [6.45, 7) is 6.64. The Morgan fingerprint density at radius 1 is 0.971 bits per heavy atom. The number of hydrogen-bond donors (Lipinski definition) is 1. The number of sulfonamides is 1. The molecule has 186 valence electrons. The molecule has 1 aromatic heterocycles. The van der Waals surface area contributed by atoms with E-state index in [9.17, 15) is 13.2 Å². The van der Waals surface area contributed by atoms with Crippen LogP contribution in [0.5, 0.6) is 11.5 Å². The Hall–Kier alpha value is -3.43. The Labute approximate surface area is 207 Å². The molecule has 0 atom stereocenters. The van der Waals surface area contributed by atoms with Crippen molar-refractivity contribution in [3.8, 4) is 11.5 Å². The normalized spacial score (nSPS) is 11.3. The van der Waals surface area contributed by atoms with Gasteiger partial charge in [-0.2, -0.15) is 4.31 Å². The molecule has 8 nitrogen and oxygen atoms in total. The minimum atomic E-state index is -3.67. The number of rotatable bonds is 11. The predicted octanol–water partition coefficient (Wildman–Crippen LogP) is 3.94. The van der Waals surface area contributed by atoms with Gasteiger partial charge in [-0.05, 0) is 60.0 Å². The lowest BCUT2D eigenvalue weighted by Crippen LogP contribution is -2.31. The summed E-state index contributed by atoms with van der Waals surface area (Å²) in [5.74, 6) is 0.774. The molecule has 0 saturated carbocycles. The molecule has 1 N–H and O–H groups in total. The molecule has 0 aliphatic heterocycles. The molecule has 0 fully saturated rings. The molecule has 1 heterocycles. The average molecular weight is 498 g/mol. The Kier molecular flexibility index (Phi) is 8.84. The highest BCUT2D eigenvalue weighted by molar-refractivity contribution is 7.89. The van der Waals surface area contributed by atoms with Crippen molar-refractivity contribution in [2.75, 3.05) is 20.2 Å². The Balaban J connectivity index is 1.70. The van der Waals surface area contributed by atoms with Crippen LogP contribution in [0.1, 0.15) is 40.9 Å². The zero-order valence-corrected chi connectivity index (χ0v) is 21.3. The van der Waals surface area contributed by atoms with Crippen LogP contribution in [0.15, 0.2) is 65.8 Å². The molecule has 0 unspecified atom stereocenters. The van der Waals surface area contributed by atoms with E-state index >= 15 is 0 Å². The van der Waals surface area contributed by atoms with Gasteiger partial charge < -0.3 is 14.8 Å². The largest absolute Gasteiger partial charge is 0.493 e. The standard InChI is InChI=1S/C26H31N3O5S/c1-5-29(6-2)35(31,32)25-16-22(9-7-19(25)3)26(30)28-17-21-8-10-23(24(15-21)33-4)34-18-20-11-13-27-14-12-20/h7-16H,5-6,17-18H2,1-4H3,(H,28,30). The smallest absolute Gasteiger partial charge is 0.251 e. The molecule has 0 saturated heterocycles. The summed E-state index contributed by atoms with van der Waals surface area (Å²) >= 11 is 0. The number of methoxy groups -OCH3 is 1. The molecule has 0 bridgehead atoms. The summed E-state index contributed by atoms with van der Waals surface area (Å²) in [5, 5.41) is 2.85. The third-order valence-electron chi connectivity index (χ3n) is 5.60. The van der Waals surface area contributed by atoms with E-state index in [1.54, 1.807) is 64.5 Å². The third kappa shape index (κ3) is 6.37. The summed E-state index contributed by atoms with van der Waals surface area (Å²) in [5.41, 5.74) is 2.68. The molecular formula is C26H31N3O5S. The van der Waals surface area contributed by atoms with Crippen LogP contribution in [0.2, 0.25) is 0 Å². The van der Waals surface area contributed by atoms with Crippen LogP contribution in [-0.4, -0.2) is 43.8 Å². The SMILES string of the molecule is CCN(CC)S(=O)(=O)c1cc(C(=O)NCc2ccc(OCc3ccncc3)c(OC)c2)ccc1C. The number of aryl methyl sites for hydroxylation is 1. The first kappa shape index (κ1) is 26.2. The fraction of sp³-hybridized carbons (Fsp3) is 0.308. The summed E-state index contributed by atoms with van der Waals surface area (Å²) in [7, 11) is -2.12. The topological polar surface area (TPSA) is 97.8 Å². The van der Waals surface area contributed by atoms with Gasteiger partial charge in [-0.15, -0.1) is 0 Å². The summed E-state index contributed by atoms with van der Waals surface area (Å²) < 4.78 is 38.7. The number of benzene rings is 2. The van der Waals surface area contributed by atoms with E-state index in [0.717, 1.165) is 11.1 Å². The molecular weight excluding hydrogens is 466 g/mol. The number of nitrogens with zero attached hydrogens (tertiary/aromatic N) is 2. The number of amides is 1. The van der Waals surface area contributed by atoms with Crippen LogP contribution in [0.25, 0.3) is 0 Å². The van der Waals surface area contributed by atoms with Gasteiger partial charge in [0, 0.05) is 37.6 Å². The van der Waals surface area contributed by atoms with E-state index in [1.165, 1.54) is 10.4 Å². The second-order valence-electron chi connectivity index (χ2n) is 7.88. The predicted molar refractivity (Wildman–Crippen MR) is 134 cm³/mol. The summed E-state index contributed by atoms with van der Waals surface area (Å²) in [6.07, 6.45) is 3.41. The second-order valence-corrected chi connectivity index (χ2v) is 9.79. The first-order valence-electron chi connectivity index (χ1n) is 11.4. The number of carbonyl (C=O) groups excluding carboxylic acids is 1. The van der Waals surface area contributed by atoms with Crippen LogP contribution in [0, 0.1) is 6.92 Å². The van der Waals surface area contributed by atoms with Crippen LogP contribution in [0.4, 0.5) is 0 Å². The summed E-state index contributed by atoms with van der Waals surface area (Å²) in [6, 6.07) is 13.9. The van der Waals surface area contributed by atoms with Gasteiger partial charge in [0.05, 0.1) is 12.0 Å². The van der Waals surface area contributed by atoms with E-state index in [2.05, 4.69) is 10.3 Å². The zero-order valence-electron chi connectivity index (χ0n) is 20.4. The monoisotopic (exact) mass is 497 g/mol. The number of aromatic nitrogens is 1. The lowest BCUT2D eigenvalue weighted by atomic mass is 10.1. The van der Waals surface area contributed by atoms with Crippen molar-refractivity contribution in [1.29, 1.82) is 0 Å². The quantitative estimate of drug-likeness (QED) is 0.431. The lowest BCUT2D eigenvalue weighted by molar-refractivity contribution is 0.0950. The first-order valence-corrected chi connectivity index (χ1v) is 12.8. The summed E-state index contributed by atoms with van der Waals surface area (Å²) in [4.78, 5) is 17.0. The number of hydrogen-bond acceptors (Lipinski definition) is 6. The molecule has 2 aromatic carbocycles. The highest BCUT2D eigenvalue weighted by Gasteiger charge is 2.24. The highest BCUT2D eigenvalue weighted by atomic mass is 32.2. The number of pyridine rings is 1. The van der Waals surface area contributed by atoms with E-state index in [1.807, 2.05) is 18.2 Å². The maximum absolute atomic E-state index is 13.0. The molecule has 0 spiro atoms. The van der Waals surface area contributed by atoms with Crippen LogP contribution in [-0.2, 0) is 23.2 Å². The van der Waals surface area contributed by atoms with Crippen LogP contribution in [0.3, 0.4) is 0 Å². The molecule has 3 aromatic rings. The van der Waals surface area contributed by atoms with Gasteiger partial charge in [0.25, 0.3) is 5.91 Å². The van der Waals surface area contributed by atoms with E-state index in [-0.39, 0.29) is 22.9 Å². The van der Waals surface area contributed by atoms with E-state index in [0.29, 0.717) is 36.8 Å². The van der Waals surface area contributed by atoms with Crippen molar-refractivity contribution < 1.29 is 22.7 Å². The second kappa shape index (κ2) is 11.8. The maximum Gasteiger partial charge on any atom is 0.251 e. The third-order valence-corrected chi connectivity index (χ3v) is 7.79. The molecule has 0 radical (unpaired) electrons. The van der Waals surface area contributed by atoms with Crippen molar-refractivity contribution in [3.63, 3.8) is 0 Å². The maximum atomic E-state index is 13.0. The Morgan fingerprint density at radius 3 is 2.34 bits per heavy atom. The Morgan fingerprint density at radius 2 is 1.69 bits per heavy atom. The van der Waals surface area contributed by atoms with E-state index in [4.69, 9.17) is 9.47 Å². The van der Waals surface area contributed by atoms with Crippen molar-refractivity contribution >= 4 is 15.9 Å². The molecule has 0 aliphatic rings. The van der Waals surface area contributed by atoms with Gasteiger partial charge in [-0.1, -0.05) is 26.0 Å². The number of carbonyl (C=O) groups is 1. The fourth-order valence-electron chi connectivity index (χ4n) is 3.59. The first-order chi connectivity index (χ1) is 16.8. The van der Waals surface area contributed by atoms with Gasteiger partial charge >= 0.3 is 0 Å². The lowest BCUT2D eigenvalue weighted by Gasteiger charge is -2.20. The van der Waals surface area contributed by atoms with Crippen molar-refractivity contribution in [2.45, 2.75) is 38.8 Å². The van der Waals surface area contributed by atoms with Crippen molar-refractivity contribution in [2.24, 2.45) is 0 Å². The molecule has 0 aliphatic carbocycles. The average Bonchev–Trinajstić information content (AvgIpc) is 2.87. The minimum Gasteiger partial charge on any atom is -0.493 e. The van der Waals surface area contributed by atoms with E-state index < -0.39 is 10.0 Å². The van der Waals surface area contributed by atoms with Crippen LogP contribution >= 0.6 is 0 Å². The van der Waals surface area contributed by atoms with Gasteiger partial charge in [0.15, 0.2) is 11.5 Å². The molecule has 35 heavy (non-hydrogen) atoms. The van der Waals surface area contributed by atoms with Gasteiger partial charge in [-0.25, -0.2) is 8.42 Å². The molecule has 3 rings (SSSR count). The zero-order chi connectivity index (χ0) is 25.4. The van der Waals surface area contributed by atoms with Crippen molar-refractivity contribution in [3.05, 3.63) is 83.2 Å². The van der Waals surface area contributed by atoms with Crippen LogP contribution < -0.4 is 14.8 Å². The van der Waals surface area contributed by atoms with Crippen molar-refractivity contribution in [1.82, 2.24) is 14.6 Å². The molecule has 1 amide bonds. The number of ether oxygens (including phenoxy) is 2.